The monoisotopic (exact) mass is 510 g/mol. The standard InChI is InChI=1S/C28H34N2O7/c1-18-16-20(34-2)7-8-21(18)26(31)24-25(19-6-9-22(35-3)23(17-19)36-4)30(28(33)27(24)32)11-5-10-29-12-14-37-15-13-29/h6-9,16-17,25,31H,5,10-15H2,1-4H3/b26-24+/t25-/m0/s1. The van der Waals surface area contributed by atoms with Crippen LogP contribution >= 0.6 is 0 Å². The van der Waals surface area contributed by atoms with Crippen molar-refractivity contribution in [3.8, 4) is 17.2 Å². The van der Waals surface area contributed by atoms with Crippen LogP contribution in [0.25, 0.3) is 5.76 Å². The quantitative estimate of drug-likeness (QED) is 0.312. The Morgan fingerprint density at radius 3 is 2.35 bits per heavy atom. The van der Waals surface area contributed by atoms with Gasteiger partial charge in [-0.1, -0.05) is 6.07 Å². The average Bonchev–Trinajstić information content (AvgIpc) is 3.17. The molecule has 37 heavy (non-hydrogen) atoms. The fraction of sp³-hybridized carbons (Fsp3) is 0.429. The van der Waals surface area contributed by atoms with Crippen LogP contribution < -0.4 is 14.2 Å². The van der Waals surface area contributed by atoms with Crippen LogP contribution in [0, 0.1) is 6.92 Å². The van der Waals surface area contributed by atoms with Gasteiger partial charge in [0.2, 0.25) is 0 Å². The molecule has 198 valence electrons. The van der Waals surface area contributed by atoms with E-state index in [0.717, 1.165) is 25.2 Å². The Kier molecular flexibility index (Phi) is 8.35. The summed E-state index contributed by atoms with van der Waals surface area (Å²) in [5.41, 5.74) is 1.90. The molecular formula is C28H34N2O7. The lowest BCUT2D eigenvalue weighted by atomic mass is 9.93. The summed E-state index contributed by atoms with van der Waals surface area (Å²) in [4.78, 5) is 30.5. The number of benzene rings is 2. The van der Waals surface area contributed by atoms with Crippen LogP contribution in [-0.2, 0) is 14.3 Å². The van der Waals surface area contributed by atoms with Gasteiger partial charge in [-0.25, -0.2) is 0 Å². The van der Waals surface area contributed by atoms with Gasteiger partial charge in [-0.2, -0.15) is 0 Å². The second kappa shape index (κ2) is 11.7. The summed E-state index contributed by atoms with van der Waals surface area (Å²) in [7, 11) is 4.64. The number of nitrogens with zero attached hydrogens (tertiary/aromatic N) is 2. The Hall–Kier alpha value is -3.56. The molecular weight excluding hydrogens is 476 g/mol. The Bertz CT molecular complexity index is 1190. The fourth-order valence-corrected chi connectivity index (χ4v) is 4.94. The summed E-state index contributed by atoms with van der Waals surface area (Å²) >= 11 is 0. The molecule has 2 fully saturated rings. The molecule has 0 bridgehead atoms. The van der Waals surface area contributed by atoms with Crippen molar-refractivity contribution in [2.75, 3.05) is 60.7 Å². The number of ether oxygens (including phenoxy) is 4. The van der Waals surface area contributed by atoms with Gasteiger partial charge in [0.15, 0.2) is 11.5 Å². The SMILES string of the molecule is COc1ccc(/C(O)=C2\C(=O)C(=O)N(CCCN3CCOCC3)[C@H]2c2ccc(OC)c(OC)c2)c(C)c1. The van der Waals surface area contributed by atoms with E-state index < -0.39 is 17.7 Å². The largest absolute Gasteiger partial charge is 0.507 e. The zero-order valence-corrected chi connectivity index (χ0v) is 21.8. The maximum Gasteiger partial charge on any atom is 0.295 e. The summed E-state index contributed by atoms with van der Waals surface area (Å²) in [5, 5.41) is 11.4. The predicted molar refractivity (Wildman–Crippen MR) is 138 cm³/mol. The highest BCUT2D eigenvalue weighted by Crippen LogP contribution is 2.42. The van der Waals surface area contributed by atoms with Crippen LogP contribution in [0.5, 0.6) is 17.2 Å². The summed E-state index contributed by atoms with van der Waals surface area (Å²) in [5.74, 6) is 0.0809. The number of rotatable bonds is 9. The number of amides is 1. The first-order chi connectivity index (χ1) is 17.9. The Morgan fingerprint density at radius 1 is 0.973 bits per heavy atom. The molecule has 2 aromatic rings. The van der Waals surface area contributed by atoms with Gasteiger partial charge in [0.25, 0.3) is 11.7 Å². The predicted octanol–water partition coefficient (Wildman–Crippen LogP) is 3.16. The number of hydrogen-bond acceptors (Lipinski definition) is 8. The number of Topliss-reactive ketones (excluding diaryl/α,β-unsaturated/α-hetero) is 1. The number of hydrogen-bond donors (Lipinski definition) is 1. The average molecular weight is 511 g/mol. The van der Waals surface area contributed by atoms with Crippen molar-refractivity contribution in [1.29, 1.82) is 0 Å². The highest BCUT2D eigenvalue weighted by molar-refractivity contribution is 6.46. The van der Waals surface area contributed by atoms with Gasteiger partial charge < -0.3 is 29.0 Å². The summed E-state index contributed by atoms with van der Waals surface area (Å²) < 4.78 is 21.6. The fourth-order valence-electron chi connectivity index (χ4n) is 4.94. The molecule has 0 spiro atoms. The first-order valence-corrected chi connectivity index (χ1v) is 12.3. The van der Waals surface area contributed by atoms with Crippen molar-refractivity contribution in [3.63, 3.8) is 0 Å². The molecule has 2 aliphatic heterocycles. The maximum atomic E-state index is 13.4. The van der Waals surface area contributed by atoms with Crippen molar-refractivity contribution < 1.29 is 33.6 Å². The molecule has 9 nitrogen and oxygen atoms in total. The number of aryl methyl sites for hydroxylation is 1. The second-order valence-corrected chi connectivity index (χ2v) is 9.10. The van der Waals surface area contributed by atoms with Crippen LogP contribution in [0.4, 0.5) is 0 Å². The van der Waals surface area contributed by atoms with Crippen LogP contribution in [-0.4, -0.2) is 87.3 Å². The summed E-state index contributed by atoms with van der Waals surface area (Å²) in [6.07, 6.45) is 0.679. The molecule has 0 radical (unpaired) electrons. The van der Waals surface area contributed by atoms with Gasteiger partial charge in [-0.05, 0) is 54.8 Å². The molecule has 0 aliphatic carbocycles. The second-order valence-electron chi connectivity index (χ2n) is 9.10. The molecule has 2 aromatic carbocycles. The topological polar surface area (TPSA) is 97.8 Å². The van der Waals surface area contributed by atoms with Crippen molar-refractivity contribution >= 4 is 17.4 Å². The smallest absolute Gasteiger partial charge is 0.295 e. The van der Waals surface area contributed by atoms with E-state index in [4.69, 9.17) is 18.9 Å². The number of carbonyl (C=O) groups is 2. The highest BCUT2D eigenvalue weighted by atomic mass is 16.5. The van der Waals surface area contributed by atoms with Gasteiger partial charge in [0, 0.05) is 31.7 Å². The third-order valence-electron chi connectivity index (χ3n) is 6.93. The van der Waals surface area contributed by atoms with E-state index in [9.17, 15) is 14.7 Å². The normalized spacial score (nSPS) is 19.8. The van der Waals surface area contributed by atoms with E-state index in [2.05, 4.69) is 4.90 Å². The molecule has 2 aliphatic rings. The first kappa shape index (κ1) is 26.5. The molecule has 1 amide bonds. The summed E-state index contributed by atoms with van der Waals surface area (Å²) in [6, 6.07) is 9.69. The minimum absolute atomic E-state index is 0.0526. The molecule has 0 unspecified atom stereocenters. The lowest BCUT2D eigenvalue weighted by molar-refractivity contribution is -0.140. The zero-order valence-electron chi connectivity index (χ0n) is 21.8. The number of likely N-dealkylation sites (tertiary alicyclic amines) is 1. The molecule has 1 N–H and O–H groups in total. The van der Waals surface area contributed by atoms with Crippen molar-refractivity contribution in [3.05, 3.63) is 58.7 Å². The first-order valence-electron chi connectivity index (χ1n) is 12.3. The van der Waals surface area contributed by atoms with E-state index in [0.29, 0.717) is 54.6 Å². The third kappa shape index (κ3) is 5.42. The van der Waals surface area contributed by atoms with Crippen molar-refractivity contribution in [1.82, 2.24) is 9.80 Å². The maximum absolute atomic E-state index is 13.4. The van der Waals surface area contributed by atoms with Gasteiger partial charge in [-0.3, -0.25) is 14.5 Å². The van der Waals surface area contributed by atoms with Crippen LogP contribution in [0.2, 0.25) is 0 Å². The van der Waals surface area contributed by atoms with Crippen LogP contribution in [0.15, 0.2) is 42.0 Å². The number of aliphatic hydroxyl groups excluding tert-OH is 1. The minimum Gasteiger partial charge on any atom is -0.507 e. The number of aliphatic hydroxyl groups is 1. The molecule has 1 atom stereocenters. The minimum atomic E-state index is -0.772. The van der Waals surface area contributed by atoms with E-state index in [1.807, 2.05) is 6.92 Å². The molecule has 4 rings (SSSR count). The van der Waals surface area contributed by atoms with E-state index in [1.165, 1.54) is 7.11 Å². The van der Waals surface area contributed by atoms with E-state index in [1.54, 1.807) is 55.5 Å². The van der Waals surface area contributed by atoms with Crippen LogP contribution in [0.3, 0.4) is 0 Å². The van der Waals surface area contributed by atoms with Crippen molar-refractivity contribution in [2.45, 2.75) is 19.4 Å². The van der Waals surface area contributed by atoms with Gasteiger partial charge in [0.05, 0.1) is 46.2 Å². The highest BCUT2D eigenvalue weighted by Gasteiger charge is 2.46. The van der Waals surface area contributed by atoms with Crippen molar-refractivity contribution in [2.24, 2.45) is 0 Å². The van der Waals surface area contributed by atoms with Crippen LogP contribution in [0.1, 0.15) is 29.2 Å². The number of carbonyl (C=O) groups excluding carboxylic acids is 2. The lowest BCUT2D eigenvalue weighted by Gasteiger charge is -2.29. The molecule has 2 heterocycles. The van der Waals surface area contributed by atoms with Gasteiger partial charge in [0.1, 0.15) is 11.5 Å². The molecule has 0 aromatic heterocycles. The van der Waals surface area contributed by atoms with E-state index in [-0.39, 0.29) is 11.3 Å². The van der Waals surface area contributed by atoms with E-state index >= 15 is 0 Å². The van der Waals surface area contributed by atoms with Gasteiger partial charge in [-0.15, -0.1) is 0 Å². The molecule has 9 heteroatoms. The Labute approximate surface area is 217 Å². The number of ketones is 1. The molecule has 0 saturated carbocycles. The Balaban J connectivity index is 1.75. The number of methoxy groups -OCH3 is 3. The molecule has 2 saturated heterocycles. The summed E-state index contributed by atoms with van der Waals surface area (Å²) in [6.45, 7) is 6.03. The number of morpholine rings is 1. The third-order valence-corrected chi connectivity index (χ3v) is 6.93. The zero-order chi connectivity index (χ0) is 26.5. The van der Waals surface area contributed by atoms with Gasteiger partial charge >= 0.3 is 0 Å². The lowest BCUT2D eigenvalue weighted by Crippen LogP contribution is -2.39. The Morgan fingerprint density at radius 2 is 1.70 bits per heavy atom.